The second kappa shape index (κ2) is 5.97. The van der Waals surface area contributed by atoms with E-state index in [1.54, 1.807) is 13.0 Å². The molecule has 1 rings (SSSR count). The van der Waals surface area contributed by atoms with Crippen LogP contribution in [0.4, 0.5) is 5.69 Å². The minimum atomic E-state index is -1.47. The van der Waals surface area contributed by atoms with Gasteiger partial charge in [-0.3, -0.25) is 10.1 Å². The monoisotopic (exact) mass is 252 g/mol. The Morgan fingerprint density at radius 1 is 1.56 bits per heavy atom. The van der Waals surface area contributed by atoms with Gasteiger partial charge < -0.3 is 10.2 Å². The molecule has 96 valence electrons. The number of benzene rings is 1. The predicted octanol–water partition coefficient (Wildman–Crippen LogP) is 1.61. The summed E-state index contributed by atoms with van der Waals surface area (Å²) in [5.74, 6) is 0. The molecule has 1 aromatic carbocycles. The number of aryl methyl sites for hydroxylation is 1. The van der Waals surface area contributed by atoms with Crippen molar-refractivity contribution in [2.45, 2.75) is 19.1 Å². The van der Waals surface area contributed by atoms with Gasteiger partial charge in [-0.15, -0.1) is 0 Å². The fourth-order valence-corrected chi connectivity index (χ4v) is 1.62. The summed E-state index contributed by atoms with van der Waals surface area (Å²) in [6.07, 6.45) is -2.86. The number of rotatable bonds is 5. The number of aliphatic hydroxyl groups excluding tert-OH is 2. The summed E-state index contributed by atoms with van der Waals surface area (Å²) >= 11 is 0. The highest BCUT2D eigenvalue weighted by Gasteiger charge is 2.27. The van der Waals surface area contributed by atoms with E-state index in [0.717, 1.165) is 0 Å². The van der Waals surface area contributed by atoms with Crippen LogP contribution in [-0.4, -0.2) is 27.8 Å². The van der Waals surface area contributed by atoms with Crippen LogP contribution in [0.25, 0.3) is 10.4 Å². The van der Waals surface area contributed by atoms with Crippen LogP contribution in [0.5, 0.6) is 0 Å². The van der Waals surface area contributed by atoms with E-state index in [2.05, 4.69) is 10.0 Å². The van der Waals surface area contributed by atoms with Gasteiger partial charge in [-0.1, -0.05) is 17.2 Å². The molecule has 0 aliphatic rings. The molecule has 1 aromatic rings. The van der Waals surface area contributed by atoms with Gasteiger partial charge in [0.05, 0.1) is 23.1 Å². The number of hydrogen-bond donors (Lipinski definition) is 2. The molecule has 0 aliphatic heterocycles. The van der Waals surface area contributed by atoms with Gasteiger partial charge in [0.1, 0.15) is 6.10 Å². The van der Waals surface area contributed by atoms with Crippen molar-refractivity contribution in [3.63, 3.8) is 0 Å². The zero-order valence-corrected chi connectivity index (χ0v) is 9.59. The highest BCUT2D eigenvalue weighted by molar-refractivity contribution is 5.46. The van der Waals surface area contributed by atoms with E-state index < -0.39 is 17.1 Å². The van der Waals surface area contributed by atoms with Gasteiger partial charge in [-0.25, -0.2) is 0 Å². The zero-order valence-electron chi connectivity index (χ0n) is 9.59. The minimum absolute atomic E-state index is 0.0307. The van der Waals surface area contributed by atoms with Crippen molar-refractivity contribution >= 4 is 5.69 Å². The molecule has 0 bridgehead atoms. The van der Waals surface area contributed by atoms with Crippen LogP contribution in [0.3, 0.4) is 0 Å². The SMILES string of the molecule is Cc1cccc([N+](=O)[O-])c1C(O)C(O)CN=[N+]=[N-]. The largest absolute Gasteiger partial charge is 0.390 e. The van der Waals surface area contributed by atoms with Gasteiger partial charge in [0.15, 0.2) is 0 Å². The van der Waals surface area contributed by atoms with Crippen molar-refractivity contribution in [3.8, 4) is 0 Å². The Labute approximate surface area is 102 Å². The maximum atomic E-state index is 10.8. The Morgan fingerprint density at radius 3 is 2.78 bits per heavy atom. The maximum Gasteiger partial charge on any atom is 0.275 e. The topological polar surface area (TPSA) is 132 Å². The van der Waals surface area contributed by atoms with E-state index in [1.165, 1.54) is 12.1 Å². The van der Waals surface area contributed by atoms with Crippen LogP contribution >= 0.6 is 0 Å². The predicted molar refractivity (Wildman–Crippen MR) is 62.8 cm³/mol. The molecular weight excluding hydrogens is 240 g/mol. The van der Waals surface area contributed by atoms with Crippen molar-refractivity contribution < 1.29 is 15.1 Å². The van der Waals surface area contributed by atoms with Gasteiger partial charge in [0, 0.05) is 11.0 Å². The summed E-state index contributed by atoms with van der Waals surface area (Å²) in [6.45, 7) is 1.23. The fraction of sp³-hybridized carbons (Fsp3) is 0.400. The van der Waals surface area contributed by atoms with Crippen molar-refractivity contribution in [1.82, 2.24) is 0 Å². The molecule has 0 fully saturated rings. The van der Waals surface area contributed by atoms with E-state index in [4.69, 9.17) is 5.53 Å². The van der Waals surface area contributed by atoms with E-state index in [9.17, 15) is 20.3 Å². The number of aliphatic hydroxyl groups is 2. The summed E-state index contributed by atoms with van der Waals surface area (Å²) in [5, 5.41) is 33.5. The highest BCUT2D eigenvalue weighted by atomic mass is 16.6. The smallest absolute Gasteiger partial charge is 0.275 e. The number of nitro benzene ring substituents is 1. The Kier molecular flexibility index (Phi) is 4.61. The molecule has 0 saturated carbocycles. The number of nitrogens with zero attached hydrogens (tertiary/aromatic N) is 4. The first-order chi connectivity index (χ1) is 8.49. The molecule has 0 aromatic heterocycles. The third-order valence-electron chi connectivity index (χ3n) is 2.49. The number of hydrogen-bond acceptors (Lipinski definition) is 5. The lowest BCUT2D eigenvalue weighted by molar-refractivity contribution is -0.386. The van der Waals surface area contributed by atoms with E-state index in [1.807, 2.05) is 0 Å². The van der Waals surface area contributed by atoms with Crippen LogP contribution in [-0.2, 0) is 0 Å². The second-order valence-electron chi connectivity index (χ2n) is 3.69. The molecule has 2 N–H and O–H groups in total. The molecule has 2 unspecified atom stereocenters. The van der Waals surface area contributed by atoms with E-state index >= 15 is 0 Å². The van der Waals surface area contributed by atoms with Crippen molar-refractivity contribution in [2.75, 3.05) is 6.54 Å². The molecular formula is C10H12N4O4. The van der Waals surface area contributed by atoms with Gasteiger partial charge in [0.25, 0.3) is 5.69 Å². The molecule has 0 heterocycles. The van der Waals surface area contributed by atoms with Gasteiger partial charge in [0.2, 0.25) is 0 Å². The van der Waals surface area contributed by atoms with Crippen LogP contribution in [0.15, 0.2) is 23.3 Å². The molecule has 0 amide bonds. The van der Waals surface area contributed by atoms with Crippen LogP contribution in [0, 0.1) is 17.0 Å². The lowest BCUT2D eigenvalue weighted by Gasteiger charge is -2.18. The molecule has 0 aliphatic carbocycles. The molecule has 0 spiro atoms. The normalized spacial score (nSPS) is 13.5. The fourth-order valence-electron chi connectivity index (χ4n) is 1.62. The summed E-state index contributed by atoms with van der Waals surface area (Å²) in [5.41, 5.74) is 8.36. The number of azide groups is 1. The first kappa shape index (κ1) is 13.9. The average molecular weight is 252 g/mol. The summed E-state index contributed by atoms with van der Waals surface area (Å²) in [7, 11) is 0. The summed E-state index contributed by atoms with van der Waals surface area (Å²) in [4.78, 5) is 12.7. The lowest BCUT2D eigenvalue weighted by Crippen LogP contribution is -2.22. The Hall–Kier alpha value is -2.15. The second-order valence-corrected chi connectivity index (χ2v) is 3.69. The lowest BCUT2D eigenvalue weighted by atomic mass is 9.97. The highest BCUT2D eigenvalue weighted by Crippen LogP contribution is 2.30. The number of nitro groups is 1. The molecule has 2 atom stereocenters. The average Bonchev–Trinajstić information content (AvgIpc) is 2.34. The first-order valence-electron chi connectivity index (χ1n) is 5.10. The molecule has 8 heteroatoms. The maximum absolute atomic E-state index is 10.8. The van der Waals surface area contributed by atoms with E-state index in [-0.39, 0.29) is 17.8 Å². The molecule has 0 saturated heterocycles. The molecule has 0 radical (unpaired) electrons. The first-order valence-corrected chi connectivity index (χ1v) is 5.10. The third kappa shape index (κ3) is 2.95. The van der Waals surface area contributed by atoms with Gasteiger partial charge in [-0.05, 0) is 18.0 Å². The van der Waals surface area contributed by atoms with Gasteiger partial charge in [-0.2, -0.15) is 0 Å². The van der Waals surface area contributed by atoms with Crippen molar-refractivity contribution in [1.29, 1.82) is 0 Å². The summed E-state index contributed by atoms with van der Waals surface area (Å²) < 4.78 is 0. The Balaban J connectivity index is 3.14. The van der Waals surface area contributed by atoms with E-state index in [0.29, 0.717) is 5.56 Å². The van der Waals surface area contributed by atoms with Gasteiger partial charge >= 0.3 is 0 Å². The minimum Gasteiger partial charge on any atom is -0.390 e. The molecule has 8 nitrogen and oxygen atoms in total. The molecule has 18 heavy (non-hydrogen) atoms. The zero-order chi connectivity index (χ0) is 13.7. The van der Waals surface area contributed by atoms with Crippen molar-refractivity contribution in [3.05, 3.63) is 49.9 Å². The third-order valence-corrected chi connectivity index (χ3v) is 2.49. The Morgan fingerprint density at radius 2 is 2.22 bits per heavy atom. The van der Waals surface area contributed by atoms with Crippen molar-refractivity contribution in [2.24, 2.45) is 5.11 Å². The van der Waals surface area contributed by atoms with Crippen LogP contribution in [0.1, 0.15) is 17.2 Å². The summed E-state index contributed by atoms with van der Waals surface area (Å²) in [6, 6.07) is 4.32. The quantitative estimate of drug-likeness (QED) is 0.270. The van der Waals surface area contributed by atoms with Crippen LogP contribution in [0.2, 0.25) is 0 Å². The Bertz CT molecular complexity index is 499. The van der Waals surface area contributed by atoms with Crippen LogP contribution < -0.4 is 0 Å². The standard InChI is InChI=1S/C10H12N4O4/c1-6-3-2-4-7(14(17)18)9(6)10(16)8(15)5-12-13-11/h2-4,8,10,15-16H,5H2,1H3.